The zero-order chi connectivity index (χ0) is 33.0. The second kappa shape index (κ2) is 13.4. The molecule has 0 atom stereocenters. The number of amides is 1. The van der Waals surface area contributed by atoms with Crippen molar-refractivity contribution in [3.8, 4) is 17.9 Å². The van der Waals surface area contributed by atoms with Gasteiger partial charge in [-0.05, 0) is 57.5 Å². The summed E-state index contributed by atoms with van der Waals surface area (Å²) in [4.78, 5) is 27.6. The molecule has 1 amide bonds. The lowest BCUT2D eigenvalue weighted by Crippen LogP contribution is -2.50. The van der Waals surface area contributed by atoms with Crippen molar-refractivity contribution in [3.05, 3.63) is 64.4 Å². The Kier molecular flexibility index (Phi) is 9.35. The van der Waals surface area contributed by atoms with Crippen LogP contribution in [0.25, 0.3) is 5.65 Å². The largest absolute Gasteiger partial charge is 0.497 e. The molecule has 4 aromatic rings. The number of piperazine rings is 1. The number of aromatic nitrogens is 4. The molecule has 0 saturated carbocycles. The minimum Gasteiger partial charge on any atom is -0.497 e. The number of anilines is 4. The van der Waals surface area contributed by atoms with Crippen LogP contribution in [0.1, 0.15) is 44.5 Å². The summed E-state index contributed by atoms with van der Waals surface area (Å²) in [7, 11) is 1.62. The zero-order valence-corrected chi connectivity index (χ0v) is 27.2. The molecule has 0 aliphatic carbocycles. The lowest BCUT2D eigenvalue weighted by atomic mass is 10.1. The molecular formula is C32H35ClN10O3. The van der Waals surface area contributed by atoms with E-state index in [0.29, 0.717) is 72.7 Å². The van der Waals surface area contributed by atoms with Crippen molar-refractivity contribution >= 4 is 46.5 Å². The van der Waals surface area contributed by atoms with Crippen molar-refractivity contribution in [1.29, 1.82) is 10.5 Å². The highest BCUT2D eigenvalue weighted by molar-refractivity contribution is 6.36. The normalized spacial score (nSPS) is 13.2. The van der Waals surface area contributed by atoms with Crippen LogP contribution in [-0.4, -0.2) is 76.0 Å². The monoisotopic (exact) mass is 642 g/mol. The lowest BCUT2D eigenvalue weighted by molar-refractivity contribution is 0.0240. The van der Waals surface area contributed by atoms with Crippen molar-refractivity contribution in [3.63, 3.8) is 0 Å². The summed E-state index contributed by atoms with van der Waals surface area (Å²) in [6.07, 6.45) is 1.09. The fourth-order valence-electron chi connectivity index (χ4n) is 5.07. The minimum absolute atomic E-state index is 0.169. The highest BCUT2D eigenvalue weighted by atomic mass is 35.5. The van der Waals surface area contributed by atoms with E-state index >= 15 is 0 Å². The number of halogens is 1. The molecule has 13 nitrogen and oxygen atoms in total. The van der Waals surface area contributed by atoms with Gasteiger partial charge in [-0.3, -0.25) is 0 Å². The Hall–Kier alpha value is -5.27. The molecule has 0 radical (unpaired) electrons. The molecule has 1 saturated heterocycles. The summed E-state index contributed by atoms with van der Waals surface area (Å²) in [5.74, 6) is 1.45. The molecule has 3 heterocycles. The van der Waals surface area contributed by atoms with Gasteiger partial charge in [0.25, 0.3) is 0 Å². The average molecular weight is 643 g/mol. The number of methoxy groups -OCH3 is 1. The molecule has 2 aromatic carbocycles. The van der Waals surface area contributed by atoms with Crippen molar-refractivity contribution in [2.45, 2.75) is 39.8 Å². The summed E-state index contributed by atoms with van der Waals surface area (Å²) < 4.78 is 12.3. The Morgan fingerprint density at radius 1 is 1.11 bits per heavy atom. The predicted octanol–water partition coefficient (Wildman–Crippen LogP) is 5.36. The smallest absolute Gasteiger partial charge is 0.410 e. The first-order chi connectivity index (χ1) is 22.0. The van der Waals surface area contributed by atoms with Crippen molar-refractivity contribution in [1.82, 2.24) is 24.5 Å². The summed E-state index contributed by atoms with van der Waals surface area (Å²) in [6.45, 7) is 10.5. The van der Waals surface area contributed by atoms with E-state index in [1.807, 2.05) is 61.8 Å². The van der Waals surface area contributed by atoms with Crippen LogP contribution in [0, 0.1) is 22.7 Å². The fraction of sp³-hybridized carbons (Fsp3) is 0.375. The second-order valence-corrected chi connectivity index (χ2v) is 12.0. The zero-order valence-electron chi connectivity index (χ0n) is 26.4. The van der Waals surface area contributed by atoms with Gasteiger partial charge < -0.3 is 29.5 Å². The van der Waals surface area contributed by atoms with E-state index in [2.05, 4.69) is 27.5 Å². The summed E-state index contributed by atoms with van der Waals surface area (Å²) >= 11 is 6.96. The molecule has 2 aromatic heterocycles. The molecule has 1 aliphatic heterocycles. The quantitative estimate of drug-likeness (QED) is 0.265. The van der Waals surface area contributed by atoms with Crippen molar-refractivity contribution in [2.24, 2.45) is 0 Å². The number of nitrogens with zero attached hydrogens (tertiary/aromatic N) is 9. The number of fused-ring (bicyclic) bond motifs is 1. The lowest BCUT2D eigenvalue weighted by Gasteiger charge is -2.37. The van der Waals surface area contributed by atoms with Crippen LogP contribution in [0.15, 0.2) is 42.6 Å². The van der Waals surface area contributed by atoms with Crippen LogP contribution in [0.2, 0.25) is 5.02 Å². The van der Waals surface area contributed by atoms with E-state index in [0.717, 1.165) is 11.3 Å². The van der Waals surface area contributed by atoms with Crippen LogP contribution in [0.4, 0.5) is 27.9 Å². The maximum Gasteiger partial charge on any atom is 0.410 e. The molecule has 0 spiro atoms. The van der Waals surface area contributed by atoms with Gasteiger partial charge in [0.2, 0.25) is 5.95 Å². The number of nitriles is 2. The number of carbonyl (C=O) groups excluding carboxylic acids is 1. The summed E-state index contributed by atoms with van der Waals surface area (Å²) in [5.41, 5.74) is 2.56. The molecule has 0 bridgehead atoms. The van der Waals surface area contributed by atoms with Gasteiger partial charge in [-0.25, -0.2) is 9.78 Å². The van der Waals surface area contributed by atoms with E-state index in [9.17, 15) is 15.3 Å². The topological polar surface area (TPSA) is 148 Å². The molecule has 5 rings (SSSR count). The number of hydrogen-bond acceptors (Lipinski definition) is 11. The van der Waals surface area contributed by atoms with Gasteiger partial charge in [-0.2, -0.15) is 20.0 Å². The van der Waals surface area contributed by atoms with Crippen LogP contribution >= 0.6 is 11.6 Å². The number of nitrogens with one attached hydrogen (secondary N) is 1. The first kappa shape index (κ1) is 32.1. The van der Waals surface area contributed by atoms with Crippen molar-refractivity contribution < 1.29 is 14.3 Å². The van der Waals surface area contributed by atoms with E-state index < -0.39 is 5.60 Å². The Morgan fingerprint density at radius 2 is 1.83 bits per heavy atom. The number of imidazole rings is 1. The van der Waals surface area contributed by atoms with E-state index in [1.54, 1.807) is 24.1 Å². The number of ether oxygens (including phenoxy) is 2. The maximum absolute atomic E-state index is 12.6. The molecule has 46 heavy (non-hydrogen) atoms. The first-order valence-electron chi connectivity index (χ1n) is 14.8. The van der Waals surface area contributed by atoms with Crippen LogP contribution in [0.5, 0.6) is 5.75 Å². The minimum atomic E-state index is -0.585. The number of carbonyl (C=O) groups is 1. The van der Waals surface area contributed by atoms with Gasteiger partial charge in [0, 0.05) is 39.3 Å². The summed E-state index contributed by atoms with van der Waals surface area (Å²) in [6, 6.07) is 15.4. The number of hydrogen-bond donors (Lipinski definition) is 1. The van der Waals surface area contributed by atoms with Crippen LogP contribution < -0.4 is 19.9 Å². The van der Waals surface area contributed by atoms with Gasteiger partial charge >= 0.3 is 6.09 Å². The predicted molar refractivity (Wildman–Crippen MR) is 175 cm³/mol. The fourth-order valence-corrected chi connectivity index (χ4v) is 5.34. The SMILES string of the molecule is CCN(Cc1ccc(OC)cc1)c1nc(Nc2cc(C#N)cc(N3CCN(C(=O)OC(C)(C)C)CC3)c2Cl)nn2c(C#N)cnc12. The Balaban J connectivity index is 1.45. The van der Waals surface area contributed by atoms with Gasteiger partial charge in [-0.15, -0.1) is 5.10 Å². The van der Waals surface area contributed by atoms with E-state index in [4.69, 9.17) is 26.1 Å². The van der Waals surface area contributed by atoms with E-state index in [1.165, 1.54) is 10.7 Å². The Morgan fingerprint density at radius 3 is 2.43 bits per heavy atom. The number of benzene rings is 2. The molecule has 238 valence electrons. The molecule has 1 fully saturated rings. The molecular weight excluding hydrogens is 608 g/mol. The van der Waals surface area contributed by atoms with Gasteiger partial charge in [-0.1, -0.05) is 23.7 Å². The third-order valence-electron chi connectivity index (χ3n) is 7.37. The van der Waals surface area contributed by atoms with Gasteiger partial charge in [0.1, 0.15) is 17.4 Å². The second-order valence-electron chi connectivity index (χ2n) is 11.7. The highest BCUT2D eigenvalue weighted by Gasteiger charge is 2.28. The van der Waals surface area contributed by atoms with Crippen LogP contribution in [0.3, 0.4) is 0 Å². The van der Waals surface area contributed by atoms with Gasteiger partial charge in [0.05, 0.1) is 41.3 Å². The standard InChI is InChI=1S/C32H35ClN10O3/c1-6-40(20-21-7-9-24(45-5)10-8-21)29-28-36-19-23(18-35)43(28)39-30(38-29)37-25-15-22(17-34)16-26(27(25)33)41-11-13-42(14-12-41)31(44)46-32(2,3)4/h7-10,15-16,19H,6,11-14,20H2,1-5H3,(H,37,39). The van der Waals surface area contributed by atoms with Crippen LogP contribution in [-0.2, 0) is 11.3 Å². The molecule has 14 heteroatoms. The van der Waals surface area contributed by atoms with Crippen molar-refractivity contribution in [2.75, 3.05) is 55.0 Å². The molecule has 1 aliphatic rings. The first-order valence-corrected chi connectivity index (χ1v) is 15.2. The van der Waals surface area contributed by atoms with Gasteiger partial charge in [0.15, 0.2) is 17.2 Å². The average Bonchev–Trinajstić information content (AvgIpc) is 3.47. The third-order valence-corrected chi connectivity index (χ3v) is 7.77. The Bertz CT molecular complexity index is 1810. The Labute approximate surface area is 272 Å². The maximum atomic E-state index is 12.6. The molecule has 0 unspecified atom stereocenters. The number of rotatable bonds is 8. The highest BCUT2D eigenvalue weighted by Crippen LogP contribution is 2.37. The van der Waals surface area contributed by atoms with E-state index in [-0.39, 0.29) is 17.7 Å². The third kappa shape index (κ3) is 7.00. The molecule has 1 N–H and O–H groups in total. The summed E-state index contributed by atoms with van der Waals surface area (Å²) in [5, 5.41) is 27.8.